The van der Waals surface area contributed by atoms with Crippen LogP contribution in [0.1, 0.15) is 29.8 Å². The van der Waals surface area contributed by atoms with Gasteiger partial charge in [-0.2, -0.15) is 4.98 Å². The van der Waals surface area contributed by atoms with Gasteiger partial charge in [0.05, 0.1) is 12.1 Å². The van der Waals surface area contributed by atoms with Crippen LogP contribution >= 0.6 is 0 Å². The molecule has 0 radical (unpaired) electrons. The van der Waals surface area contributed by atoms with E-state index in [1.807, 2.05) is 44.2 Å². The number of nitrogens with zero attached hydrogens (tertiary/aromatic N) is 2. The zero-order valence-corrected chi connectivity index (χ0v) is 19.0. The number of carbonyl (C=O) groups is 2. The molecule has 0 fully saturated rings. The quantitative estimate of drug-likeness (QED) is 0.370. The number of amides is 2. The minimum absolute atomic E-state index is 0.0228. The van der Waals surface area contributed by atoms with Gasteiger partial charge in [0.1, 0.15) is 5.52 Å². The van der Waals surface area contributed by atoms with E-state index < -0.39 is 18.2 Å². The Bertz CT molecular complexity index is 1080. The molecule has 0 aliphatic heterocycles. The van der Waals surface area contributed by atoms with Gasteiger partial charge in [-0.1, -0.05) is 44.2 Å². The minimum atomic E-state index is -1.23. The molecule has 0 spiro atoms. The van der Waals surface area contributed by atoms with E-state index in [2.05, 4.69) is 15.6 Å². The third-order valence-electron chi connectivity index (χ3n) is 5.20. The molecular weight excluding hydrogens is 424 g/mol. The number of aliphatic hydroxyl groups excluding tert-OH is 1. The first-order valence-electron chi connectivity index (χ1n) is 10.9. The van der Waals surface area contributed by atoms with Crippen LogP contribution in [0.15, 0.2) is 52.9 Å². The molecule has 2 atom stereocenters. The Labute approximate surface area is 192 Å². The number of aromatic nitrogens is 1. The third-order valence-corrected chi connectivity index (χ3v) is 5.20. The van der Waals surface area contributed by atoms with Crippen LogP contribution in [-0.2, 0) is 6.42 Å². The van der Waals surface area contributed by atoms with Crippen molar-refractivity contribution in [1.82, 2.24) is 15.2 Å². The first-order chi connectivity index (χ1) is 15.8. The van der Waals surface area contributed by atoms with Crippen LogP contribution in [0.4, 0.5) is 10.8 Å². The van der Waals surface area contributed by atoms with E-state index in [0.29, 0.717) is 35.6 Å². The molecule has 0 aliphatic rings. The standard InChI is InChI=1S/C24H30N4O5/c1-15(2)13-28(22(30)17-9-10-18-21(12-17)33-23(25-3)26-18)14-20(29)19(27-24(31)32)11-16-7-5-4-6-8-16/h4-10,12,15,19-20,27,29H,11,13-14H2,1-3H3,(H,25,26)(H,31,32)/t19?,20-/m1/s1. The molecule has 1 unspecified atom stereocenters. The fraction of sp³-hybridized carbons (Fsp3) is 0.375. The Morgan fingerprint density at radius 3 is 2.48 bits per heavy atom. The van der Waals surface area contributed by atoms with Crippen molar-refractivity contribution in [2.24, 2.45) is 5.92 Å². The molecule has 0 aliphatic carbocycles. The van der Waals surface area contributed by atoms with Crippen molar-refractivity contribution in [1.29, 1.82) is 0 Å². The Balaban J connectivity index is 1.81. The molecule has 3 aromatic rings. The molecule has 3 rings (SSSR count). The predicted molar refractivity (Wildman–Crippen MR) is 125 cm³/mol. The van der Waals surface area contributed by atoms with Crippen molar-refractivity contribution in [3.63, 3.8) is 0 Å². The van der Waals surface area contributed by atoms with Gasteiger partial charge in [0.15, 0.2) is 5.58 Å². The first-order valence-corrected chi connectivity index (χ1v) is 10.9. The summed E-state index contributed by atoms with van der Waals surface area (Å²) in [6.07, 6.45) is -2.03. The summed E-state index contributed by atoms with van der Waals surface area (Å²) in [5.74, 6) is -0.132. The molecule has 176 valence electrons. The second-order valence-corrected chi connectivity index (χ2v) is 8.37. The van der Waals surface area contributed by atoms with Crippen molar-refractivity contribution in [3.8, 4) is 0 Å². The molecule has 0 bridgehead atoms. The summed E-state index contributed by atoms with van der Waals surface area (Å²) in [4.78, 5) is 30.5. The number of oxazole rings is 1. The lowest BCUT2D eigenvalue weighted by atomic mass is 10.00. The van der Waals surface area contributed by atoms with Gasteiger partial charge >= 0.3 is 6.09 Å². The van der Waals surface area contributed by atoms with Crippen LogP contribution in [-0.4, -0.2) is 64.4 Å². The number of carbonyl (C=O) groups excluding carboxylic acids is 1. The maximum Gasteiger partial charge on any atom is 0.404 e. The maximum atomic E-state index is 13.3. The summed E-state index contributed by atoms with van der Waals surface area (Å²) in [5, 5.41) is 25.4. The van der Waals surface area contributed by atoms with Gasteiger partial charge < -0.3 is 30.2 Å². The van der Waals surface area contributed by atoms with Gasteiger partial charge in [-0.3, -0.25) is 4.79 Å². The van der Waals surface area contributed by atoms with E-state index in [1.54, 1.807) is 30.1 Å². The summed E-state index contributed by atoms with van der Waals surface area (Å²) in [6.45, 7) is 4.33. The van der Waals surface area contributed by atoms with E-state index in [0.717, 1.165) is 5.56 Å². The highest BCUT2D eigenvalue weighted by Gasteiger charge is 2.27. The molecular formula is C24H30N4O5. The summed E-state index contributed by atoms with van der Waals surface area (Å²) in [7, 11) is 1.69. The third kappa shape index (κ3) is 6.45. The largest absolute Gasteiger partial charge is 0.465 e. The number of nitrogens with one attached hydrogen (secondary N) is 2. The van der Waals surface area contributed by atoms with Crippen LogP contribution in [0.3, 0.4) is 0 Å². The van der Waals surface area contributed by atoms with Gasteiger partial charge in [0.25, 0.3) is 11.9 Å². The highest BCUT2D eigenvalue weighted by atomic mass is 16.4. The van der Waals surface area contributed by atoms with Crippen molar-refractivity contribution < 1.29 is 24.2 Å². The van der Waals surface area contributed by atoms with Crippen molar-refractivity contribution >= 4 is 29.1 Å². The topological polar surface area (TPSA) is 128 Å². The molecule has 2 amide bonds. The number of hydrogen-bond acceptors (Lipinski definition) is 6. The number of anilines is 1. The highest BCUT2D eigenvalue weighted by molar-refractivity contribution is 5.97. The molecule has 2 aromatic carbocycles. The maximum absolute atomic E-state index is 13.3. The summed E-state index contributed by atoms with van der Waals surface area (Å²) < 4.78 is 5.58. The smallest absolute Gasteiger partial charge is 0.404 e. The number of benzene rings is 2. The summed E-state index contributed by atoms with van der Waals surface area (Å²) >= 11 is 0. The van der Waals surface area contributed by atoms with Crippen molar-refractivity contribution in [2.75, 3.05) is 25.5 Å². The monoisotopic (exact) mass is 454 g/mol. The normalized spacial score (nSPS) is 13.0. The Hall–Kier alpha value is -3.59. The Morgan fingerprint density at radius 2 is 1.85 bits per heavy atom. The first kappa shape index (κ1) is 24.1. The minimum Gasteiger partial charge on any atom is -0.465 e. The lowest BCUT2D eigenvalue weighted by Crippen LogP contribution is -2.50. The average molecular weight is 455 g/mol. The van der Waals surface area contributed by atoms with E-state index in [9.17, 15) is 19.8 Å². The fourth-order valence-electron chi connectivity index (χ4n) is 3.69. The number of hydrogen-bond donors (Lipinski definition) is 4. The number of fused-ring (bicyclic) bond motifs is 1. The predicted octanol–water partition coefficient (Wildman–Crippen LogP) is 3.21. The molecule has 1 heterocycles. The van der Waals surface area contributed by atoms with Crippen LogP contribution < -0.4 is 10.6 Å². The van der Waals surface area contributed by atoms with Gasteiger partial charge in [0.2, 0.25) is 0 Å². The zero-order valence-electron chi connectivity index (χ0n) is 19.0. The van der Waals surface area contributed by atoms with E-state index in [1.165, 1.54) is 0 Å². The molecule has 33 heavy (non-hydrogen) atoms. The summed E-state index contributed by atoms with van der Waals surface area (Å²) in [6, 6.07) is 13.9. The lowest BCUT2D eigenvalue weighted by molar-refractivity contribution is 0.0509. The van der Waals surface area contributed by atoms with E-state index in [-0.39, 0.29) is 18.4 Å². The van der Waals surface area contributed by atoms with E-state index in [4.69, 9.17) is 4.42 Å². The summed E-state index contributed by atoms with van der Waals surface area (Å²) in [5.41, 5.74) is 2.39. The van der Waals surface area contributed by atoms with Crippen LogP contribution in [0.2, 0.25) is 0 Å². The van der Waals surface area contributed by atoms with Crippen molar-refractivity contribution in [3.05, 3.63) is 59.7 Å². The Kier molecular flexibility index (Phi) is 7.89. The van der Waals surface area contributed by atoms with E-state index >= 15 is 0 Å². The van der Waals surface area contributed by atoms with Crippen LogP contribution in [0.5, 0.6) is 0 Å². The van der Waals surface area contributed by atoms with Crippen LogP contribution in [0, 0.1) is 5.92 Å². The highest BCUT2D eigenvalue weighted by Crippen LogP contribution is 2.21. The van der Waals surface area contributed by atoms with Crippen LogP contribution in [0.25, 0.3) is 11.1 Å². The molecule has 4 N–H and O–H groups in total. The SMILES string of the molecule is CNc1nc2ccc(C(=O)N(CC(C)C)C[C@@H](O)C(Cc3ccccc3)NC(=O)O)cc2o1. The zero-order chi connectivity index (χ0) is 24.0. The average Bonchev–Trinajstić information content (AvgIpc) is 3.20. The Morgan fingerprint density at radius 1 is 1.12 bits per heavy atom. The fourth-order valence-corrected chi connectivity index (χ4v) is 3.69. The van der Waals surface area contributed by atoms with Gasteiger partial charge in [0, 0.05) is 25.7 Å². The molecule has 1 aromatic heterocycles. The number of carboxylic acid groups (broad SMARTS) is 1. The lowest BCUT2D eigenvalue weighted by Gasteiger charge is -2.31. The number of aliphatic hydroxyl groups is 1. The second-order valence-electron chi connectivity index (χ2n) is 8.37. The van der Waals surface area contributed by atoms with Crippen molar-refractivity contribution in [2.45, 2.75) is 32.4 Å². The van der Waals surface area contributed by atoms with Gasteiger partial charge in [-0.05, 0) is 36.1 Å². The molecule has 0 saturated carbocycles. The molecule has 9 nitrogen and oxygen atoms in total. The number of rotatable bonds is 10. The van der Waals surface area contributed by atoms with Gasteiger partial charge in [-0.15, -0.1) is 0 Å². The molecule has 9 heteroatoms. The second kappa shape index (κ2) is 10.8. The van der Waals surface area contributed by atoms with Gasteiger partial charge in [-0.25, -0.2) is 4.79 Å². The molecule has 0 saturated heterocycles.